The van der Waals surface area contributed by atoms with Gasteiger partial charge in [0.25, 0.3) is 0 Å². The molecule has 0 spiro atoms. The molecule has 2 aromatic carbocycles. The van der Waals surface area contributed by atoms with Gasteiger partial charge >= 0.3 is 0 Å². The fourth-order valence-corrected chi connectivity index (χ4v) is 2.26. The van der Waals surface area contributed by atoms with Gasteiger partial charge in [-0.05, 0) is 35.6 Å². The van der Waals surface area contributed by atoms with Crippen LogP contribution in [0.4, 0.5) is 0 Å². The number of benzene rings is 2. The van der Waals surface area contributed by atoms with E-state index in [0.29, 0.717) is 13.0 Å². The van der Waals surface area contributed by atoms with Crippen molar-refractivity contribution >= 4 is 5.91 Å². The van der Waals surface area contributed by atoms with Gasteiger partial charge in [0.1, 0.15) is 5.75 Å². The Kier molecular flexibility index (Phi) is 5.38. The van der Waals surface area contributed by atoms with Crippen molar-refractivity contribution in [3.8, 4) is 5.75 Å². The zero-order valence-corrected chi connectivity index (χ0v) is 12.3. The number of amides is 1. The first-order chi connectivity index (χ1) is 10.1. The van der Waals surface area contributed by atoms with E-state index >= 15 is 0 Å². The zero-order chi connectivity index (χ0) is 15.1. The van der Waals surface area contributed by atoms with Crippen molar-refractivity contribution in [1.82, 2.24) is 5.32 Å². The lowest BCUT2D eigenvalue weighted by molar-refractivity contribution is -0.121. The smallest absolute Gasteiger partial charge is 0.220 e. The topological polar surface area (TPSA) is 49.3 Å². The fourth-order valence-electron chi connectivity index (χ4n) is 2.26. The van der Waals surface area contributed by atoms with Crippen LogP contribution in [0.15, 0.2) is 54.6 Å². The van der Waals surface area contributed by atoms with Crippen LogP contribution in [0.5, 0.6) is 5.75 Å². The van der Waals surface area contributed by atoms with Gasteiger partial charge in [-0.15, -0.1) is 0 Å². The van der Waals surface area contributed by atoms with Crippen LogP contribution in [0.1, 0.15) is 30.4 Å². The summed E-state index contributed by atoms with van der Waals surface area (Å²) < 4.78 is 0. The summed E-state index contributed by atoms with van der Waals surface area (Å²) in [4.78, 5) is 11.9. The summed E-state index contributed by atoms with van der Waals surface area (Å²) in [7, 11) is 0. The highest BCUT2D eigenvalue weighted by atomic mass is 16.3. The van der Waals surface area contributed by atoms with Crippen LogP contribution < -0.4 is 5.32 Å². The quantitative estimate of drug-likeness (QED) is 0.855. The van der Waals surface area contributed by atoms with E-state index in [9.17, 15) is 9.90 Å². The van der Waals surface area contributed by atoms with E-state index in [1.807, 2.05) is 42.5 Å². The monoisotopic (exact) mass is 283 g/mol. The van der Waals surface area contributed by atoms with Crippen molar-refractivity contribution in [2.45, 2.75) is 25.7 Å². The first kappa shape index (κ1) is 15.1. The predicted octanol–water partition coefficient (Wildman–Crippen LogP) is 3.24. The average Bonchev–Trinajstić information content (AvgIpc) is 2.50. The fraction of sp³-hybridized carbons (Fsp3) is 0.278. The van der Waals surface area contributed by atoms with Crippen LogP contribution in [0, 0.1) is 0 Å². The first-order valence-corrected chi connectivity index (χ1v) is 7.24. The molecule has 21 heavy (non-hydrogen) atoms. The Labute approximate surface area is 125 Å². The Hall–Kier alpha value is -2.29. The van der Waals surface area contributed by atoms with Gasteiger partial charge in [-0.3, -0.25) is 4.79 Å². The van der Waals surface area contributed by atoms with Crippen molar-refractivity contribution in [3.63, 3.8) is 0 Å². The molecule has 1 unspecified atom stereocenters. The maximum absolute atomic E-state index is 11.9. The van der Waals surface area contributed by atoms with Crippen molar-refractivity contribution in [2.75, 3.05) is 6.54 Å². The minimum Gasteiger partial charge on any atom is -0.508 e. The molecule has 0 fully saturated rings. The van der Waals surface area contributed by atoms with E-state index in [1.54, 1.807) is 12.1 Å². The van der Waals surface area contributed by atoms with E-state index in [1.165, 1.54) is 5.56 Å². The molecule has 0 aliphatic heterocycles. The minimum absolute atomic E-state index is 0.0742. The van der Waals surface area contributed by atoms with Gasteiger partial charge in [0, 0.05) is 13.0 Å². The summed E-state index contributed by atoms with van der Waals surface area (Å²) in [5.41, 5.74) is 2.29. The molecule has 110 valence electrons. The second-order valence-corrected chi connectivity index (χ2v) is 5.28. The van der Waals surface area contributed by atoms with Crippen LogP contribution in [0.2, 0.25) is 0 Å². The number of nitrogens with one attached hydrogen (secondary N) is 1. The van der Waals surface area contributed by atoms with Crippen molar-refractivity contribution in [2.24, 2.45) is 0 Å². The van der Waals surface area contributed by atoms with Gasteiger partial charge in [-0.1, -0.05) is 49.4 Å². The molecule has 0 radical (unpaired) electrons. The molecule has 0 heterocycles. The highest BCUT2D eigenvalue weighted by Crippen LogP contribution is 2.18. The highest BCUT2D eigenvalue weighted by molar-refractivity contribution is 5.76. The van der Waals surface area contributed by atoms with E-state index in [2.05, 4.69) is 12.2 Å². The second kappa shape index (κ2) is 7.48. The Bertz CT molecular complexity index is 564. The molecule has 2 aromatic rings. The SMILES string of the molecule is CC(CC(=O)NCCc1ccc(O)cc1)c1ccccc1. The molecule has 1 atom stereocenters. The van der Waals surface area contributed by atoms with Crippen molar-refractivity contribution < 1.29 is 9.90 Å². The highest BCUT2D eigenvalue weighted by Gasteiger charge is 2.10. The molecule has 3 heteroatoms. The van der Waals surface area contributed by atoms with Crippen molar-refractivity contribution in [3.05, 3.63) is 65.7 Å². The molecule has 2 N–H and O–H groups in total. The maximum atomic E-state index is 11.9. The van der Waals surface area contributed by atoms with Gasteiger partial charge in [0.2, 0.25) is 5.91 Å². The molecule has 0 aliphatic rings. The lowest BCUT2D eigenvalue weighted by Crippen LogP contribution is -2.26. The number of aromatic hydroxyl groups is 1. The van der Waals surface area contributed by atoms with Crippen LogP contribution in [0.3, 0.4) is 0 Å². The summed E-state index contributed by atoms with van der Waals surface area (Å²) in [6.45, 7) is 2.68. The number of hydrogen-bond acceptors (Lipinski definition) is 2. The number of carbonyl (C=O) groups is 1. The third-order valence-electron chi connectivity index (χ3n) is 3.53. The maximum Gasteiger partial charge on any atom is 0.220 e. The molecule has 0 saturated carbocycles. The normalized spacial score (nSPS) is 11.9. The third kappa shape index (κ3) is 4.95. The van der Waals surface area contributed by atoms with E-state index in [-0.39, 0.29) is 17.6 Å². The van der Waals surface area contributed by atoms with Gasteiger partial charge in [0.05, 0.1) is 0 Å². The van der Waals surface area contributed by atoms with Crippen LogP contribution in [-0.2, 0) is 11.2 Å². The molecule has 1 amide bonds. The summed E-state index contributed by atoms with van der Waals surface area (Å²) in [5.74, 6) is 0.560. The van der Waals surface area contributed by atoms with Crippen molar-refractivity contribution in [1.29, 1.82) is 0 Å². The zero-order valence-electron chi connectivity index (χ0n) is 12.3. The summed E-state index contributed by atoms with van der Waals surface area (Å²) in [5, 5.41) is 12.2. The lowest BCUT2D eigenvalue weighted by Gasteiger charge is -2.12. The summed E-state index contributed by atoms with van der Waals surface area (Å²) >= 11 is 0. The lowest BCUT2D eigenvalue weighted by atomic mass is 9.97. The van der Waals surface area contributed by atoms with Gasteiger partial charge in [-0.25, -0.2) is 0 Å². The summed E-state index contributed by atoms with van der Waals surface area (Å²) in [6.07, 6.45) is 1.27. The average molecular weight is 283 g/mol. The van der Waals surface area contributed by atoms with E-state index in [4.69, 9.17) is 0 Å². The van der Waals surface area contributed by atoms with Crippen LogP contribution in [-0.4, -0.2) is 17.6 Å². The number of phenols is 1. The summed E-state index contributed by atoms with van der Waals surface area (Å²) in [6, 6.07) is 17.1. The molecular weight excluding hydrogens is 262 g/mol. The molecule has 3 nitrogen and oxygen atoms in total. The molecule has 2 rings (SSSR count). The van der Waals surface area contributed by atoms with Crippen LogP contribution >= 0.6 is 0 Å². The molecule has 0 bridgehead atoms. The van der Waals surface area contributed by atoms with Gasteiger partial charge < -0.3 is 10.4 Å². The molecular formula is C18H21NO2. The van der Waals surface area contributed by atoms with Gasteiger partial charge in [0.15, 0.2) is 0 Å². The molecule has 0 aromatic heterocycles. The van der Waals surface area contributed by atoms with Crippen LogP contribution in [0.25, 0.3) is 0 Å². The molecule has 0 aliphatic carbocycles. The largest absolute Gasteiger partial charge is 0.508 e. The number of hydrogen-bond donors (Lipinski definition) is 2. The number of phenolic OH excluding ortho intramolecular Hbond substituents is 1. The Morgan fingerprint density at radius 3 is 2.43 bits per heavy atom. The standard InChI is InChI=1S/C18H21NO2/c1-14(16-5-3-2-4-6-16)13-18(21)19-12-11-15-7-9-17(20)10-8-15/h2-10,14,20H,11-13H2,1H3,(H,19,21). The Morgan fingerprint density at radius 1 is 1.10 bits per heavy atom. The number of carbonyl (C=O) groups excluding carboxylic acids is 1. The van der Waals surface area contributed by atoms with E-state index in [0.717, 1.165) is 12.0 Å². The second-order valence-electron chi connectivity index (χ2n) is 5.28. The first-order valence-electron chi connectivity index (χ1n) is 7.24. The van der Waals surface area contributed by atoms with E-state index < -0.39 is 0 Å². The minimum atomic E-state index is 0.0742. The third-order valence-corrected chi connectivity index (χ3v) is 3.53. The Balaban J connectivity index is 1.73. The molecule has 0 saturated heterocycles. The number of rotatable bonds is 6. The Morgan fingerprint density at radius 2 is 1.76 bits per heavy atom. The van der Waals surface area contributed by atoms with Gasteiger partial charge in [-0.2, -0.15) is 0 Å². The predicted molar refractivity (Wildman–Crippen MR) is 84.3 cm³/mol.